The second-order valence-electron chi connectivity index (χ2n) is 9.42. The van der Waals surface area contributed by atoms with E-state index in [0.717, 1.165) is 44.1 Å². The molecular weight excluding hydrogens is 376 g/mol. The van der Waals surface area contributed by atoms with Crippen molar-refractivity contribution >= 4 is 17.7 Å². The number of rotatable bonds is 5. The predicted octanol–water partition coefficient (Wildman–Crippen LogP) is 3.76. The lowest BCUT2D eigenvalue weighted by molar-refractivity contribution is -0.143. The summed E-state index contributed by atoms with van der Waals surface area (Å²) in [5, 5.41) is 3.16. The number of imide groups is 1. The van der Waals surface area contributed by atoms with Crippen LogP contribution in [0.4, 0.5) is 0 Å². The smallest absolute Gasteiger partial charge is 0.234 e. The standard InChI is InChI=1S/C25H30N2O3/c28-21(26-19-9-5-2-6-10-19)15-20(16-7-3-1-4-8-16)27-24(29)22-17-11-12-18(14-13-17)23(22)25(27)30/h1,3-4,7-8,11-12,17-20,22-23H,2,5-6,9-10,13-15H2,(H,26,28)/t17-,18-,20+,22-,23-/m0/s1. The van der Waals surface area contributed by atoms with Crippen molar-refractivity contribution in [2.24, 2.45) is 23.7 Å². The van der Waals surface area contributed by atoms with Crippen molar-refractivity contribution in [3.63, 3.8) is 0 Å². The molecule has 4 aliphatic carbocycles. The first kappa shape index (κ1) is 19.5. The Balaban J connectivity index is 1.40. The van der Waals surface area contributed by atoms with Gasteiger partial charge in [-0.3, -0.25) is 19.3 Å². The summed E-state index contributed by atoms with van der Waals surface area (Å²) in [6.45, 7) is 0. The lowest BCUT2D eigenvalue weighted by atomic mass is 9.63. The number of nitrogens with zero attached hydrogens (tertiary/aromatic N) is 1. The first-order valence-electron chi connectivity index (χ1n) is 11.5. The number of likely N-dealkylation sites (tertiary alicyclic amines) is 1. The van der Waals surface area contributed by atoms with E-state index in [9.17, 15) is 14.4 Å². The molecule has 0 radical (unpaired) electrons. The second-order valence-corrected chi connectivity index (χ2v) is 9.42. The topological polar surface area (TPSA) is 66.5 Å². The number of carbonyl (C=O) groups is 3. The fraction of sp³-hybridized carbons (Fsp3) is 0.560. The van der Waals surface area contributed by atoms with Crippen LogP contribution in [0.3, 0.4) is 0 Å². The molecule has 5 nitrogen and oxygen atoms in total. The van der Waals surface area contributed by atoms with Crippen molar-refractivity contribution in [3.05, 3.63) is 48.0 Å². The highest BCUT2D eigenvalue weighted by Gasteiger charge is 2.58. The van der Waals surface area contributed by atoms with Crippen molar-refractivity contribution in [2.45, 2.75) is 63.5 Å². The second kappa shape index (κ2) is 8.01. The molecule has 1 N–H and O–H groups in total. The van der Waals surface area contributed by atoms with Crippen LogP contribution in [0.25, 0.3) is 0 Å². The Morgan fingerprint density at radius 2 is 1.50 bits per heavy atom. The minimum Gasteiger partial charge on any atom is -0.353 e. The van der Waals surface area contributed by atoms with Crippen LogP contribution in [-0.2, 0) is 14.4 Å². The lowest BCUT2D eigenvalue weighted by Gasteiger charge is -2.38. The average molecular weight is 407 g/mol. The molecule has 0 unspecified atom stereocenters. The third kappa shape index (κ3) is 3.38. The third-order valence-electron chi connectivity index (χ3n) is 7.64. The summed E-state index contributed by atoms with van der Waals surface area (Å²) in [4.78, 5) is 41.3. The zero-order valence-corrected chi connectivity index (χ0v) is 17.3. The zero-order valence-electron chi connectivity index (χ0n) is 17.3. The largest absolute Gasteiger partial charge is 0.353 e. The Morgan fingerprint density at radius 3 is 2.07 bits per heavy atom. The molecule has 5 atom stereocenters. The first-order chi connectivity index (χ1) is 14.6. The van der Waals surface area contributed by atoms with Crippen LogP contribution in [0, 0.1) is 23.7 Å². The Bertz CT molecular complexity index is 826. The summed E-state index contributed by atoms with van der Waals surface area (Å²) in [6, 6.07) is 9.27. The molecule has 0 spiro atoms. The monoisotopic (exact) mass is 406 g/mol. The molecule has 0 aromatic heterocycles. The molecular formula is C25H30N2O3. The Labute approximate surface area is 177 Å². The summed E-state index contributed by atoms with van der Waals surface area (Å²) in [6.07, 6.45) is 11.9. The van der Waals surface area contributed by atoms with E-state index in [2.05, 4.69) is 17.5 Å². The minimum absolute atomic E-state index is 0.0627. The highest BCUT2D eigenvalue weighted by Crippen LogP contribution is 2.51. The fourth-order valence-corrected chi connectivity index (χ4v) is 6.15. The van der Waals surface area contributed by atoms with Gasteiger partial charge in [0.2, 0.25) is 17.7 Å². The van der Waals surface area contributed by atoms with E-state index >= 15 is 0 Å². The first-order valence-corrected chi connectivity index (χ1v) is 11.5. The minimum atomic E-state index is -0.528. The van der Waals surface area contributed by atoms with Gasteiger partial charge in [0.1, 0.15) is 0 Å². The van der Waals surface area contributed by atoms with Crippen LogP contribution in [0.2, 0.25) is 0 Å². The summed E-state index contributed by atoms with van der Waals surface area (Å²) in [5.41, 5.74) is 0.858. The summed E-state index contributed by atoms with van der Waals surface area (Å²) in [5.74, 6) is -0.385. The molecule has 30 heavy (non-hydrogen) atoms. The van der Waals surface area contributed by atoms with Crippen LogP contribution >= 0.6 is 0 Å². The van der Waals surface area contributed by atoms with E-state index in [-0.39, 0.29) is 53.9 Å². The summed E-state index contributed by atoms with van der Waals surface area (Å²) >= 11 is 0. The zero-order chi connectivity index (χ0) is 20.7. The molecule has 2 bridgehead atoms. The van der Waals surface area contributed by atoms with Gasteiger partial charge in [0, 0.05) is 6.04 Å². The number of amides is 3. The molecule has 6 rings (SSSR count). The maximum atomic E-state index is 13.5. The van der Waals surface area contributed by atoms with Crippen LogP contribution in [0.5, 0.6) is 0 Å². The summed E-state index contributed by atoms with van der Waals surface area (Å²) in [7, 11) is 0. The van der Waals surface area contributed by atoms with Gasteiger partial charge in [-0.1, -0.05) is 61.7 Å². The van der Waals surface area contributed by atoms with Crippen LogP contribution in [0.15, 0.2) is 42.5 Å². The molecule has 158 valence electrons. The van der Waals surface area contributed by atoms with Gasteiger partial charge in [0.05, 0.1) is 24.3 Å². The number of fused-ring (bicyclic) bond motifs is 1. The van der Waals surface area contributed by atoms with Crippen molar-refractivity contribution in [3.8, 4) is 0 Å². The lowest BCUT2D eigenvalue weighted by Crippen LogP contribution is -2.41. The molecule has 1 aromatic carbocycles. The number of benzene rings is 1. The van der Waals surface area contributed by atoms with E-state index < -0.39 is 6.04 Å². The van der Waals surface area contributed by atoms with E-state index in [4.69, 9.17) is 0 Å². The van der Waals surface area contributed by atoms with Gasteiger partial charge >= 0.3 is 0 Å². The van der Waals surface area contributed by atoms with Crippen molar-refractivity contribution in [1.82, 2.24) is 10.2 Å². The molecule has 1 aromatic rings. The molecule has 3 amide bonds. The van der Waals surface area contributed by atoms with Gasteiger partial charge < -0.3 is 5.32 Å². The maximum Gasteiger partial charge on any atom is 0.234 e. The Morgan fingerprint density at radius 1 is 0.900 bits per heavy atom. The number of hydrogen-bond acceptors (Lipinski definition) is 3. The van der Waals surface area contributed by atoms with Gasteiger partial charge in [0.25, 0.3) is 0 Å². The van der Waals surface area contributed by atoms with E-state index in [1.54, 1.807) is 0 Å². The molecule has 1 aliphatic heterocycles. The van der Waals surface area contributed by atoms with Gasteiger partial charge in [-0.2, -0.15) is 0 Å². The van der Waals surface area contributed by atoms with Gasteiger partial charge in [0.15, 0.2) is 0 Å². The normalized spacial score (nSPS) is 31.7. The molecule has 3 fully saturated rings. The maximum absolute atomic E-state index is 13.5. The van der Waals surface area contributed by atoms with Crippen LogP contribution in [-0.4, -0.2) is 28.7 Å². The highest BCUT2D eigenvalue weighted by molar-refractivity contribution is 6.06. The number of nitrogens with one attached hydrogen (secondary N) is 1. The number of hydrogen-bond donors (Lipinski definition) is 1. The molecule has 5 aliphatic rings. The van der Waals surface area contributed by atoms with Gasteiger partial charge in [-0.05, 0) is 43.1 Å². The quantitative estimate of drug-likeness (QED) is 0.598. The van der Waals surface area contributed by atoms with E-state index in [1.165, 1.54) is 11.3 Å². The Hall–Kier alpha value is -2.43. The fourth-order valence-electron chi connectivity index (χ4n) is 6.15. The van der Waals surface area contributed by atoms with Crippen molar-refractivity contribution < 1.29 is 14.4 Å². The van der Waals surface area contributed by atoms with E-state index in [1.807, 2.05) is 30.3 Å². The van der Waals surface area contributed by atoms with Crippen molar-refractivity contribution in [1.29, 1.82) is 0 Å². The average Bonchev–Trinajstić information content (AvgIpc) is 3.07. The number of allylic oxidation sites excluding steroid dienone is 2. The van der Waals surface area contributed by atoms with Gasteiger partial charge in [-0.15, -0.1) is 0 Å². The van der Waals surface area contributed by atoms with Crippen molar-refractivity contribution in [2.75, 3.05) is 0 Å². The Kier molecular flexibility index (Phi) is 5.21. The predicted molar refractivity (Wildman–Crippen MR) is 113 cm³/mol. The van der Waals surface area contributed by atoms with Crippen LogP contribution in [0.1, 0.15) is 63.0 Å². The molecule has 1 heterocycles. The van der Waals surface area contributed by atoms with E-state index in [0.29, 0.717) is 0 Å². The van der Waals surface area contributed by atoms with Crippen LogP contribution < -0.4 is 5.32 Å². The number of carbonyl (C=O) groups excluding carboxylic acids is 3. The third-order valence-corrected chi connectivity index (χ3v) is 7.64. The molecule has 5 heteroatoms. The highest BCUT2D eigenvalue weighted by atomic mass is 16.2. The summed E-state index contributed by atoms with van der Waals surface area (Å²) < 4.78 is 0. The molecule has 2 saturated carbocycles. The SMILES string of the molecule is O=C(C[C@H](c1ccccc1)N1C(=O)[C@@H]2[C@@H](C1=O)[C@H]1C=C[C@H]2CC1)NC1CCCCC1. The van der Waals surface area contributed by atoms with Gasteiger partial charge in [-0.25, -0.2) is 0 Å². The molecule has 1 saturated heterocycles.